The normalized spacial score (nSPS) is 22.0. The highest BCUT2D eigenvalue weighted by Crippen LogP contribution is 2.26. The predicted molar refractivity (Wildman–Crippen MR) is 80.0 cm³/mol. The molecule has 1 saturated heterocycles. The third kappa shape index (κ3) is 5.87. The molecule has 0 aromatic rings. The summed E-state index contributed by atoms with van der Waals surface area (Å²) < 4.78 is 16.1. The van der Waals surface area contributed by atoms with Gasteiger partial charge in [-0.3, -0.25) is 9.59 Å². The van der Waals surface area contributed by atoms with E-state index in [1.807, 2.05) is 13.8 Å². The maximum absolute atomic E-state index is 12.0. The largest absolute Gasteiger partial charge is 0.465 e. The summed E-state index contributed by atoms with van der Waals surface area (Å²) in [5.41, 5.74) is 0.305. The number of aldehydes is 1. The first-order valence-corrected chi connectivity index (χ1v) is 7.50. The van der Waals surface area contributed by atoms with Gasteiger partial charge in [0.25, 0.3) is 0 Å². The van der Waals surface area contributed by atoms with Crippen LogP contribution in [0, 0.1) is 11.3 Å². The molecule has 0 spiro atoms. The standard InChI is InChI=1S/C16H26O6/c1-5-20-15(19)12(6-11(2)8-17)13(18)7-14-21-9-16(3,4)10-22-14/h6,8,12-14,18H,5,7,9-10H2,1-4H3/b11-6+. The zero-order chi connectivity index (χ0) is 16.8. The molecule has 0 bridgehead atoms. The first-order valence-electron chi connectivity index (χ1n) is 7.50. The summed E-state index contributed by atoms with van der Waals surface area (Å²) in [5.74, 6) is -1.47. The van der Waals surface area contributed by atoms with Crippen LogP contribution >= 0.6 is 0 Å². The first-order chi connectivity index (χ1) is 10.3. The zero-order valence-electron chi connectivity index (χ0n) is 13.7. The van der Waals surface area contributed by atoms with Gasteiger partial charge in [0.2, 0.25) is 0 Å². The van der Waals surface area contributed by atoms with Crippen LogP contribution in [0.25, 0.3) is 0 Å². The Morgan fingerprint density at radius 2 is 2.00 bits per heavy atom. The number of carbonyl (C=O) groups is 2. The molecule has 1 aliphatic heterocycles. The lowest BCUT2D eigenvalue weighted by Gasteiger charge is -2.35. The summed E-state index contributed by atoms with van der Waals surface area (Å²) in [6, 6.07) is 0. The summed E-state index contributed by atoms with van der Waals surface area (Å²) in [6.07, 6.45) is 0.588. The monoisotopic (exact) mass is 314 g/mol. The Labute approximate surface area is 131 Å². The zero-order valence-corrected chi connectivity index (χ0v) is 13.7. The molecule has 2 atom stereocenters. The molecule has 22 heavy (non-hydrogen) atoms. The van der Waals surface area contributed by atoms with Crippen molar-refractivity contribution in [2.75, 3.05) is 19.8 Å². The van der Waals surface area contributed by atoms with Crippen molar-refractivity contribution in [3.63, 3.8) is 0 Å². The van der Waals surface area contributed by atoms with Crippen molar-refractivity contribution < 1.29 is 28.9 Å². The number of aliphatic hydroxyl groups excluding tert-OH is 1. The Morgan fingerprint density at radius 1 is 1.41 bits per heavy atom. The van der Waals surface area contributed by atoms with E-state index in [9.17, 15) is 14.7 Å². The Balaban J connectivity index is 2.69. The lowest BCUT2D eigenvalue weighted by atomic mass is 9.94. The van der Waals surface area contributed by atoms with E-state index in [1.54, 1.807) is 13.8 Å². The van der Waals surface area contributed by atoms with Crippen LogP contribution in [0.3, 0.4) is 0 Å². The van der Waals surface area contributed by atoms with Crippen LogP contribution in [-0.4, -0.2) is 49.6 Å². The number of allylic oxidation sites excluding steroid dienone is 1. The fraction of sp³-hybridized carbons (Fsp3) is 0.750. The Bertz CT molecular complexity index is 405. The molecule has 0 amide bonds. The van der Waals surface area contributed by atoms with Crippen LogP contribution in [-0.2, 0) is 23.8 Å². The SMILES string of the molecule is CCOC(=O)C(/C=C(\C)C=O)C(O)CC1OCC(C)(C)CO1. The molecule has 1 rings (SSSR count). The molecule has 2 unspecified atom stereocenters. The predicted octanol–water partition coefficient (Wildman–Crippen LogP) is 1.46. The number of hydrogen-bond acceptors (Lipinski definition) is 6. The van der Waals surface area contributed by atoms with Crippen molar-refractivity contribution in [2.24, 2.45) is 11.3 Å². The van der Waals surface area contributed by atoms with Crippen molar-refractivity contribution in [3.05, 3.63) is 11.6 Å². The molecule has 1 fully saturated rings. The molecule has 6 heteroatoms. The van der Waals surface area contributed by atoms with Gasteiger partial charge in [-0.25, -0.2) is 0 Å². The fourth-order valence-corrected chi connectivity index (χ4v) is 2.10. The van der Waals surface area contributed by atoms with E-state index < -0.39 is 24.3 Å². The van der Waals surface area contributed by atoms with Crippen LogP contribution in [0.2, 0.25) is 0 Å². The molecule has 1 N–H and O–H groups in total. The smallest absolute Gasteiger partial charge is 0.315 e. The number of hydrogen-bond donors (Lipinski definition) is 1. The van der Waals surface area contributed by atoms with Gasteiger partial charge < -0.3 is 19.3 Å². The molecule has 0 saturated carbocycles. The minimum Gasteiger partial charge on any atom is -0.465 e. The van der Waals surface area contributed by atoms with E-state index in [1.165, 1.54) is 6.08 Å². The lowest BCUT2D eigenvalue weighted by molar-refractivity contribution is -0.232. The number of aliphatic hydroxyl groups is 1. The highest BCUT2D eigenvalue weighted by molar-refractivity contribution is 5.79. The first kappa shape index (κ1) is 18.8. The molecule has 6 nitrogen and oxygen atoms in total. The number of esters is 1. The van der Waals surface area contributed by atoms with Gasteiger partial charge >= 0.3 is 5.97 Å². The molecule has 126 valence electrons. The minimum absolute atomic E-state index is 0.0595. The van der Waals surface area contributed by atoms with Crippen molar-refractivity contribution in [1.82, 2.24) is 0 Å². The van der Waals surface area contributed by atoms with E-state index in [0.717, 1.165) is 0 Å². The third-order valence-corrected chi connectivity index (χ3v) is 3.36. The third-order valence-electron chi connectivity index (χ3n) is 3.36. The molecular weight excluding hydrogens is 288 g/mol. The Kier molecular flexibility index (Phi) is 7.19. The van der Waals surface area contributed by atoms with Gasteiger partial charge in [-0.2, -0.15) is 0 Å². The van der Waals surface area contributed by atoms with Gasteiger partial charge in [-0.15, -0.1) is 0 Å². The van der Waals surface area contributed by atoms with Crippen molar-refractivity contribution in [2.45, 2.75) is 46.5 Å². The van der Waals surface area contributed by atoms with Crippen LogP contribution in [0.4, 0.5) is 0 Å². The highest BCUT2D eigenvalue weighted by atomic mass is 16.7. The summed E-state index contributed by atoms with van der Waals surface area (Å²) in [4.78, 5) is 22.7. The maximum atomic E-state index is 12.0. The Hall–Kier alpha value is -1.24. The maximum Gasteiger partial charge on any atom is 0.315 e. The quantitative estimate of drug-likeness (QED) is 0.435. The molecule has 0 radical (unpaired) electrons. The number of carbonyl (C=O) groups excluding carboxylic acids is 2. The Morgan fingerprint density at radius 3 is 2.50 bits per heavy atom. The molecule has 1 heterocycles. The second kappa shape index (κ2) is 8.41. The van der Waals surface area contributed by atoms with Crippen molar-refractivity contribution in [1.29, 1.82) is 0 Å². The number of rotatable bonds is 7. The average Bonchev–Trinajstić information content (AvgIpc) is 2.46. The molecule has 1 aliphatic rings. The second-order valence-corrected chi connectivity index (χ2v) is 6.33. The van der Waals surface area contributed by atoms with Crippen LogP contribution < -0.4 is 0 Å². The summed E-state index contributed by atoms with van der Waals surface area (Å²) >= 11 is 0. The van der Waals surface area contributed by atoms with Gasteiger partial charge in [0.05, 0.1) is 25.9 Å². The number of ether oxygens (including phenoxy) is 3. The van der Waals surface area contributed by atoms with Gasteiger partial charge in [0, 0.05) is 11.8 Å². The van der Waals surface area contributed by atoms with Crippen molar-refractivity contribution >= 4 is 12.3 Å². The fourth-order valence-electron chi connectivity index (χ4n) is 2.10. The molecule has 0 aromatic heterocycles. The van der Waals surface area contributed by atoms with E-state index in [4.69, 9.17) is 14.2 Å². The van der Waals surface area contributed by atoms with Crippen molar-refractivity contribution in [3.8, 4) is 0 Å². The van der Waals surface area contributed by atoms with Crippen LogP contribution in [0.15, 0.2) is 11.6 Å². The lowest BCUT2D eigenvalue weighted by Crippen LogP contribution is -2.41. The topological polar surface area (TPSA) is 82.1 Å². The summed E-state index contributed by atoms with van der Waals surface area (Å²) in [5, 5.41) is 10.3. The van der Waals surface area contributed by atoms with E-state index >= 15 is 0 Å². The minimum atomic E-state index is -1.04. The van der Waals surface area contributed by atoms with Gasteiger partial charge in [-0.1, -0.05) is 19.9 Å². The van der Waals surface area contributed by atoms with Gasteiger partial charge in [-0.05, 0) is 19.4 Å². The molecular formula is C16H26O6. The van der Waals surface area contributed by atoms with Gasteiger partial charge in [0.1, 0.15) is 12.2 Å². The van der Waals surface area contributed by atoms with Crippen LogP contribution in [0.5, 0.6) is 0 Å². The van der Waals surface area contributed by atoms with Gasteiger partial charge in [0.15, 0.2) is 6.29 Å². The highest BCUT2D eigenvalue weighted by Gasteiger charge is 2.33. The molecule has 0 aromatic carbocycles. The van der Waals surface area contributed by atoms with E-state index in [0.29, 0.717) is 25.1 Å². The second-order valence-electron chi connectivity index (χ2n) is 6.33. The van der Waals surface area contributed by atoms with Crippen LogP contribution in [0.1, 0.15) is 34.1 Å². The van der Waals surface area contributed by atoms with E-state index in [-0.39, 0.29) is 18.4 Å². The van der Waals surface area contributed by atoms with E-state index in [2.05, 4.69) is 0 Å². The summed E-state index contributed by atoms with van der Waals surface area (Å²) in [7, 11) is 0. The average molecular weight is 314 g/mol. The summed E-state index contributed by atoms with van der Waals surface area (Å²) in [6.45, 7) is 8.57. The molecule has 0 aliphatic carbocycles.